The van der Waals surface area contributed by atoms with E-state index in [1.165, 1.54) is 0 Å². The first kappa shape index (κ1) is 17.3. The fraction of sp³-hybridized carbons (Fsp3) is 0.0909. The van der Waals surface area contributed by atoms with Gasteiger partial charge in [0, 0.05) is 16.0 Å². The van der Waals surface area contributed by atoms with Crippen LogP contribution in [0.15, 0.2) is 67.0 Å². The van der Waals surface area contributed by atoms with E-state index < -0.39 is 0 Å². The smallest absolute Gasteiger partial charge is 0.161 e. The van der Waals surface area contributed by atoms with Gasteiger partial charge in [0.1, 0.15) is 6.33 Å². The minimum absolute atomic E-state index is 0.692. The lowest BCUT2D eigenvalue weighted by molar-refractivity contribution is 0.355. The normalized spacial score (nSPS) is 10.8. The minimum Gasteiger partial charge on any atom is -0.493 e. The first-order chi connectivity index (χ1) is 13.2. The van der Waals surface area contributed by atoms with E-state index in [2.05, 4.69) is 16.0 Å². The Morgan fingerprint density at radius 2 is 1.37 bits per heavy atom. The van der Waals surface area contributed by atoms with Crippen LogP contribution in [-0.4, -0.2) is 24.2 Å². The molecule has 0 aliphatic carbocycles. The summed E-state index contributed by atoms with van der Waals surface area (Å²) in [7, 11) is 3.26. The van der Waals surface area contributed by atoms with Gasteiger partial charge in [-0.15, -0.1) is 0 Å². The molecule has 4 rings (SSSR count). The highest BCUT2D eigenvalue weighted by Gasteiger charge is 2.10. The molecule has 0 saturated heterocycles. The second kappa shape index (κ2) is 7.25. The number of nitrogens with zero attached hydrogens (tertiary/aromatic N) is 2. The minimum atomic E-state index is 0.692. The number of ether oxygens (including phenoxy) is 2. The van der Waals surface area contributed by atoms with Crippen LogP contribution in [0, 0.1) is 0 Å². The molecule has 0 bridgehead atoms. The van der Waals surface area contributed by atoms with Crippen LogP contribution in [0.25, 0.3) is 33.3 Å². The first-order valence-electron chi connectivity index (χ1n) is 8.42. The molecule has 27 heavy (non-hydrogen) atoms. The van der Waals surface area contributed by atoms with E-state index in [9.17, 15) is 0 Å². The maximum absolute atomic E-state index is 6.02. The Hall–Kier alpha value is -3.11. The number of benzene rings is 3. The maximum atomic E-state index is 6.02. The van der Waals surface area contributed by atoms with Gasteiger partial charge in [0.2, 0.25) is 0 Å². The van der Waals surface area contributed by atoms with E-state index in [0.717, 1.165) is 33.3 Å². The van der Waals surface area contributed by atoms with Crippen molar-refractivity contribution in [2.24, 2.45) is 0 Å². The van der Waals surface area contributed by atoms with Gasteiger partial charge >= 0.3 is 0 Å². The van der Waals surface area contributed by atoms with Gasteiger partial charge < -0.3 is 9.47 Å². The fourth-order valence-electron chi connectivity index (χ4n) is 3.09. The van der Waals surface area contributed by atoms with Gasteiger partial charge in [-0.05, 0) is 47.5 Å². The number of fused-ring (bicyclic) bond motifs is 1. The summed E-state index contributed by atoms with van der Waals surface area (Å²) in [5, 5.41) is 1.68. The Balaban J connectivity index is 1.87. The van der Waals surface area contributed by atoms with Gasteiger partial charge in [0.25, 0.3) is 0 Å². The Morgan fingerprint density at radius 1 is 0.704 bits per heavy atom. The number of rotatable bonds is 4. The van der Waals surface area contributed by atoms with Crippen molar-refractivity contribution < 1.29 is 9.47 Å². The van der Waals surface area contributed by atoms with Crippen LogP contribution in [0.1, 0.15) is 0 Å². The second-order valence-corrected chi connectivity index (χ2v) is 6.47. The van der Waals surface area contributed by atoms with Gasteiger partial charge in [-0.2, -0.15) is 0 Å². The largest absolute Gasteiger partial charge is 0.493 e. The molecular formula is C22H17ClN2O2. The number of hydrogen-bond donors (Lipinski definition) is 0. The number of halogens is 1. The summed E-state index contributed by atoms with van der Waals surface area (Å²) in [4.78, 5) is 8.90. The summed E-state index contributed by atoms with van der Waals surface area (Å²) in [5.74, 6) is 1.39. The third-order valence-corrected chi connectivity index (χ3v) is 4.72. The molecule has 0 atom stereocenters. The molecule has 0 N–H and O–H groups in total. The summed E-state index contributed by atoms with van der Waals surface area (Å²) < 4.78 is 10.8. The van der Waals surface area contributed by atoms with Crippen LogP contribution >= 0.6 is 11.6 Å². The number of hydrogen-bond acceptors (Lipinski definition) is 4. The van der Waals surface area contributed by atoms with Gasteiger partial charge in [-0.25, -0.2) is 9.97 Å². The zero-order chi connectivity index (χ0) is 18.8. The van der Waals surface area contributed by atoms with Crippen molar-refractivity contribution in [3.8, 4) is 33.9 Å². The molecule has 1 aromatic heterocycles. The third-order valence-electron chi connectivity index (χ3n) is 4.47. The lowest BCUT2D eigenvalue weighted by atomic mass is 10.00. The van der Waals surface area contributed by atoms with Crippen LogP contribution in [0.4, 0.5) is 0 Å². The van der Waals surface area contributed by atoms with Gasteiger partial charge in [0.05, 0.1) is 25.4 Å². The third kappa shape index (κ3) is 3.32. The molecule has 0 aliphatic rings. The molecule has 3 aromatic carbocycles. The lowest BCUT2D eigenvalue weighted by Gasteiger charge is -2.11. The van der Waals surface area contributed by atoms with Crippen molar-refractivity contribution in [3.63, 3.8) is 0 Å². The molecule has 0 amide bonds. The monoisotopic (exact) mass is 376 g/mol. The van der Waals surface area contributed by atoms with E-state index in [4.69, 9.17) is 21.1 Å². The Morgan fingerprint density at radius 3 is 2.11 bits per heavy atom. The Labute approximate surface area is 162 Å². The van der Waals surface area contributed by atoms with E-state index in [1.807, 2.05) is 54.6 Å². The van der Waals surface area contributed by atoms with E-state index in [1.54, 1.807) is 20.5 Å². The second-order valence-electron chi connectivity index (χ2n) is 6.03. The first-order valence-corrected chi connectivity index (χ1v) is 8.80. The summed E-state index contributed by atoms with van der Waals surface area (Å²) in [5.41, 5.74) is 4.84. The van der Waals surface area contributed by atoms with Crippen molar-refractivity contribution in [3.05, 3.63) is 72.0 Å². The molecule has 0 spiro atoms. The molecule has 0 fully saturated rings. The van der Waals surface area contributed by atoms with Crippen molar-refractivity contribution >= 4 is 22.5 Å². The van der Waals surface area contributed by atoms with Crippen LogP contribution in [0.5, 0.6) is 11.5 Å². The van der Waals surface area contributed by atoms with Crippen LogP contribution in [0.3, 0.4) is 0 Å². The molecule has 0 aliphatic heterocycles. The van der Waals surface area contributed by atoms with E-state index in [-0.39, 0.29) is 0 Å². The molecular weight excluding hydrogens is 360 g/mol. The summed E-state index contributed by atoms with van der Waals surface area (Å²) in [6, 6.07) is 19.7. The zero-order valence-corrected chi connectivity index (χ0v) is 15.7. The number of methoxy groups -OCH3 is 2. The average Bonchev–Trinajstić information content (AvgIpc) is 2.73. The van der Waals surface area contributed by atoms with Crippen molar-refractivity contribution in [1.29, 1.82) is 0 Å². The van der Waals surface area contributed by atoms with Crippen LogP contribution in [0.2, 0.25) is 5.02 Å². The van der Waals surface area contributed by atoms with Crippen LogP contribution < -0.4 is 9.47 Å². The molecule has 134 valence electrons. The summed E-state index contributed by atoms with van der Waals surface area (Å²) >= 11 is 6.02. The molecule has 0 radical (unpaired) electrons. The highest BCUT2D eigenvalue weighted by Crippen LogP contribution is 2.34. The predicted molar refractivity (Wildman–Crippen MR) is 109 cm³/mol. The van der Waals surface area contributed by atoms with E-state index in [0.29, 0.717) is 16.5 Å². The SMILES string of the molecule is COc1ccc(-c2ccc3ncnc(-c4ccc(Cl)cc4)c3c2)cc1OC. The maximum Gasteiger partial charge on any atom is 0.161 e. The summed E-state index contributed by atoms with van der Waals surface area (Å²) in [6.07, 6.45) is 1.59. The van der Waals surface area contributed by atoms with Crippen molar-refractivity contribution in [2.45, 2.75) is 0 Å². The van der Waals surface area contributed by atoms with E-state index >= 15 is 0 Å². The van der Waals surface area contributed by atoms with Crippen LogP contribution in [-0.2, 0) is 0 Å². The van der Waals surface area contributed by atoms with Gasteiger partial charge in [-0.1, -0.05) is 35.9 Å². The standard InChI is InChI=1S/C22H17ClN2O2/c1-26-20-10-6-16(12-21(20)27-2)15-5-9-19-18(11-15)22(25-13-24-19)14-3-7-17(23)8-4-14/h3-13H,1-2H3. The number of aromatic nitrogens is 2. The van der Waals surface area contributed by atoms with Crippen molar-refractivity contribution in [1.82, 2.24) is 9.97 Å². The molecule has 1 heterocycles. The van der Waals surface area contributed by atoms with Gasteiger partial charge in [0.15, 0.2) is 11.5 Å². The topological polar surface area (TPSA) is 44.2 Å². The quantitative estimate of drug-likeness (QED) is 0.462. The highest BCUT2D eigenvalue weighted by molar-refractivity contribution is 6.30. The summed E-state index contributed by atoms with van der Waals surface area (Å²) in [6.45, 7) is 0. The fourth-order valence-corrected chi connectivity index (χ4v) is 3.22. The van der Waals surface area contributed by atoms with Crippen molar-refractivity contribution in [2.75, 3.05) is 14.2 Å². The van der Waals surface area contributed by atoms with Gasteiger partial charge in [-0.3, -0.25) is 0 Å². The average molecular weight is 377 g/mol. The molecule has 5 heteroatoms. The predicted octanol–water partition coefficient (Wildman–Crippen LogP) is 5.63. The molecule has 4 aromatic rings. The molecule has 0 saturated carbocycles. The zero-order valence-electron chi connectivity index (χ0n) is 14.9. The molecule has 0 unspecified atom stereocenters. The lowest BCUT2D eigenvalue weighted by Crippen LogP contribution is -1.92. The highest BCUT2D eigenvalue weighted by atomic mass is 35.5. The Bertz CT molecular complexity index is 1110. The Kier molecular flexibility index (Phi) is 4.65. The molecule has 4 nitrogen and oxygen atoms in total.